The predicted molar refractivity (Wildman–Crippen MR) is 82.6 cm³/mol. The molecule has 3 nitrogen and oxygen atoms in total. The van der Waals surface area contributed by atoms with Gasteiger partial charge in [-0.3, -0.25) is 0 Å². The molecule has 0 aliphatic carbocycles. The first-order valence-electron chi connectivity index (χ1n) is 7.68. The van der Waals surface area contributed by atoms with Crippen molar-refractivity contribution in [1.29, 1.82) is 0 Å². The van der Waals surface area contributed by atoms with Crippen LogP contribution >= 0.6 is 0 Å². The maximum absolute atomic E-state index is 5.90. The van der Waals surface area contributed by atoms with E-state index >= 15 is 0 Å². The van der Waals surface area contributed by atoms with Gasteiger partial charge < -0.3 is 14.8 Å². The average molecular weight is 277 g/mol. The summed E-state index contributed by atoms with van der Waals surface area (Å²) < 4.78 is 11.3. The number of rotatable bonds is 7. The van der Waals surface area contributed by atoms with Gasteiger partial charge in [0.15, 0.2) is 0 Å². The number of ether oxygens (including phenoxy) is 2. The van der Waals surface area contributed by atoms with Gasteiger partial charge in [0.2, 0.25) is 0 Å². The Bertz CT molecular complexity index is 411. The molecule has 1 aliphatic rings. The topological polar surface area (TPSA) is 30.5 Å². The zero-order valence-electron chi connectivity index (χ0n) is 12.9. The van der Waals surface area contributed by atoms with Gasteiger partial charge in [0.05, 0.1) is 6.61 Å². The number of aryl methyl sites for hydroxylation is 1. The Labute approximate surface area is 122 Å². The number of benzene rings is 1. The Kier molecular flexibility index (Phi) is 5.86. The fourth-order valence-corrected chi connectivity index (χ4v) is 2.41. The van der Waals surface area contributed by atoms with Crippen molar-refractivity contribution in [2.75, 3.05) is 32.9 Å². The van der Waals surface area contributed by atoms with Gasteiger partial charge in [0, 0.05) is 19.7 Å². The molecule has 1 saturated heterocycles. The van der Waals surface area contributed by atoms with Crippen molar-refractivity contribution < 1.29 is 9.47 Å². The highest BCUT2D eigenvalue weighted by atomic mass is 16.5. The van der Waals surface area contributed by atoms with Gasteiger partial charge >= 0.3 is 0 Å². The van der Waals surface area contributed by atoms with Crippen LogP contribution in [0.5, 0.6) is 5.75 Å². The van der Waals surface area contributed by atoms with Gasteiger partial charge in [-0.15, -0.1) is 0 Å². The van der Waals surface area contributed by atoms with E-state index in [0.717, 1.165) is 38.7 Å². The van der Waals surface area contributed by atoms with Crippen LogP contribution in [0, 0.1) is 12.8 Å². The van der Waals surface area contributed by atoms with Gasteiger partial charge in [-0.05, 0) is 42.4 Å². The molecule has 1 heterocycles. The summed E-state index contributed by atoms with van der Waals surface area (Å²) in [6, 6.07) is 6.50. The van der Waals surface area contributed by atoms with E-state index in [9.17, 15) is 0 Å². The fourth-order valence-electron chi connectivity index (χ4n) is 2.41. The quantitative estimate of drug-likeness (QED) is 0.777. The Balaban J connectivity index is 1.71. The molecule has 3 heteroatoms. The lowest BCUT2D eigenvalue weighted by atomic mass is 10.0. The molecular weight excluding hydrogens is 250 g/mol. The molecule has 0 aromatic heterocycles. The largest absolute Gasteiger partial charge is 0.492 e. The van der Waals surface area contributed by atoms with Gasteiger partial charge in [-0.2, -0.15) is 0 Å². The van der Waals surface area contributed by atoms with Crippen LogP contribution in [-0.4, -0.2) is 32.9 Å². The third-order valence-electron chi connectivity index (χ3n) is 3.87. The summed E-state index contributed by atoms with van der Waals surface area (Å²) >= 11 is 0. The van der Waals surface area contributed by atoms with Gasteiger partial charge in [-0.1, -0.05) is 26.0 Å². The molecule has 0 spiro atoms. The minimum Gasteiger partial charge on any atom is -0.492 e. The first kappa shape index (κ1) is 15.3. The molecule has 1 N–H and O–H groups in total. The summed E-state index contributed by atoms with van der Waals surface area (Å²) in [5, 5.41) is 3.45. The van der Waals surface area contributed by atoms with Crippen molar-refractivity contribution >= 4 is 0 Å². The zero-order chi connectivity index (χ0) is 14.4. The van der Waals surface area contributed by atoms with Crippen molar-refractivity contribution in [2.45, 2.75) is 33.1 Å². The lowest BCUT2D eigenvalue weighted by Crippen LogP contribution is -2.27. The molecule has 0 radical (unpaired) electrons. The molecule has 1 fully saturated rings. The molecule has 0 bridgehead atoms. The van der Waals surface area contributed by atoms with Crippen molar-refractivity contribution in [3.05, 3.63) is 29.3 Å². The molecule has 1 aromatic carbocycles. The van der Waals surface area contributed by atoms with Gasteiger partial charge in [0.25, 0.3) is 0 Å². The Morgan fingerprint density at radius 3 is 2.95 bits per heavy atom. The molecule has 1 aromatic rings. The minimum atomic E-state index is 0.540. The SMILES string of the molecule is Cc1ccc(C(C)C)cc1OCCNCC1CCOC1. The average Bonchev–Trinajstić information content (AvgIpc) is 2.93. The highest BCUT2D eigenvalue weighted by Crippen LogP contribution is 2.24. The van der Waals surface area contributed by atoms with Crippen LogP contribution in [0.1, 0.15) is 37.3 Å². The van der Waals surface area contributed by atoms with E-state index in [1.807, 2.05) is 0 Å². The molecule has 1 atom stereocenters. The smallest absolute Gasteiger partial charge is 0.122 e. The Hall–Kier alpha value is -1.06. The molecule has 1 unspecified atom stereocenters. The number of hydrogen-bond donors (Lipinski definition) is 1. The normalized spacial score (nSPS) is 18.7. The number of nitrogens with one attached hydrogen (secondary N) is 1. The van der Waals surface area contributed by atoms with E-state index in [-0.39, 0.29) is 0 Å². The molecule has 20 heavy (non-hydrogen) atoms. The summed E-state index contributed by atoms with van der Waals surface area (Å²) in [4.78, 5) is 0. The highest BCUT2D eigenvalue weighted by molar-refractivity contribution is 5.37. The van der Waals surface area contributed by atoms with Crippen LogP contribution in [0.3, 0.4) is 0 Å². The lowest BCUT2D eigenvalue weighted by Gasteiger charge is -2.14. The predicted octanol–water partition coefficient (Wildman–Crippen LogP) is 3.12. The standard InChI is InChI=1S/C17H27NO2/c1-13(2)16-5-4-14(3)17(10-16)20-9-7-18-11-15-6-8-19-12-15/h4-5,10,13,15,18H,6-9,11-12H2,1-3H3. The minimum absolute atomic E-state index is 0.540. The summed E-state index contributed by atoms with van der Waals surface area (Å²) in [6.45, 7) is 11.0. The van der Waals surface area contributed by atoms with Crippen LogP contribution in [0.4, 0.5) is 0 Å². The molecule has 0 amide bonds. The summed E-state index contributed by atoms with van der Waals surface area (Å²) in [5.41, 5.74) is 2.54. The number of hydrogen-bond acceptors (Lipinski definition) is 3. The van der Waals surface area contributed by atoms with Crippen LogP contribution in [-0.2, 0) is 4.74 Å². The monoisotopic (exact) mass is 277 g/mol. The Morgan fingerprint density at radius 1 is 1.40 bits per heavy atom. The van der Waals surface area contributed by atoms with E-state index in [4.69, 9.17) is 9.47 Å². The van der Waals surface area contributed by atoms with Crippen molar-refractivity contribution in [3.8, 4) is 5.75 Å². The molecule has 1 aliphatic heterocycles. The first-order chi connectivity index (χ1) is 9.66. The lowest BCUT2D eigenvalue weighted by molar-refractivity contribution is 0.185. The molecular formula is C17H27NO2. The summed E-state index contributed by atoms with van der Waals surface area (Å²) in [7, 11) is 0. The molecule has 112 valence electrons. The first-order valence-corrected chi connectivity index (χ1v) is 7.68. The van der Waals surface area contributed by atoms with Gasteiger partial charge in [-0.25, -0.2) is 0 Å². The van der Waals surface area contributed by atoms with E-state index < -0.39 is 0 Å². The van der Waals surface area contributed by atoms with E-state index in [1.165, 1.54) is 17.5 Å². The highest BCUT2D eigenvalue weighted by Gasteiger charge is 2.14. The van der Waals surface area contributed by atoms with E-state index in [0.29, 0.717) is 11.8 Å². The third kappa shape index (κ3) is 4.50. The zero-order valence-corrected chi connectivity index (χ0v) is 12.9. The van der Waals surface area contributed by atoms with Crippen LogP contribution in [0.2, 0.25) is 0 Å². The Morgan fingerprint density at radius 2 is 2.25 bits per heavy atom. The molecule has 0 saturated carbocycles. The van der Waals surface area contributed by atoms with Crippen LogP contribution < -0.4 is 10.1 Å². The second kappa shape index (κ2) is 7.65. The van der Waals surface area contributed by atoms with E-state index in [2.05, 4.69) is 44.3 Å². The second-order valence-corrected chi connectivity index (χ2v) is 5.96. The van der Waals surface area contributed by atoms with Crippen LogP contribution in [0.25, 0.3) is 0 Å². The molecule has 2 rings (SSSR count). The van der Waals surface area contributed by atoms with Crippen LogP contribution in [0.15, 0.2) is 18.2 Å². The second-order valence-electron chi connectivity index (χ2n) is 5.96. The van der Waals surface area contributed by atoms with Crippen molar-refractivity contribution in [3.63, 3.8) is 0 Å². The maximum atomic E-state index is 5.90. The fraction of sp³-hybridized carbons (Fsp3) is 0.647. The van der Waals surface area contributed by atoms with Gasteiger partial charge in [0.1, 0.15) is 12.4 Å². The third-order valence-corrected chi connectivity index (χ3v) is 3.87. The summed E-state index contributed by atoms with van der Waals surface area (Å²) in [6.07, 6.45) is 1.18. The summed E-state index contributed by atoms with van der Waals surface area (Å²) in [5.74, 6) is 2.24. The van der Waals surface area contributed by atoms with E-state index in [1.54, 1.807) is 0 Å². The van der Waals surface area contributed by atoms with Crippen molar-refractivity contribution in [1.82, 2.24) is 5.32 Å². The van der Waals surface area contributed by atoms with Crippen molar-refractivity contribution in [2.24, 2.45) is 5.92 Å². The maximum Gasteiger partial charge on any atom is 0.122 e.